The van der Waals surface area contributed by atoms with Gasteiger partial charge in [-0.1, -0.05) is 4.85 Å². The van der Waals surface area contributed by atoms with Gasteiger partial charge in [0.1, 0.15) is 6.10 Å². The van der Waals surface area contributed by atoms with E-state index in [9.17, 15) is 0 Å². The number of hydrogen-bond acceptors (Lipinski definition) is 1. The predicted octanol–water partition coefficient (Wildman–Crippen LogP) is 1.13. The molecule has 1 saturated heterocycles. The Morgan fingerprint density at radius 2 is 2.62 bits per heavy atom. The molecule has 0 aliphatic carbocycles. The summed E-state index contributed by atoms with van der Waals surface area (Å²) in [5.41, 5.74) is 0. The second kappa shape index (κ2) is 2.68. The van der Waals surface area contributed by atoms with Gasteiger partial charge >= 0.3 is 0 Å². The predicted molar refractivity (Wildman–Crippen MR) is 32.1 cm³/mol. The van der Waals surface area contributed by atoms with E-state index in [1.165, 1.54) is 6.42 Å². The lowest BCUT2D eigenvalue weighted by Crippen LogP contribution is -2.06. The quantitative estimate of drug-likeness (QED) is 0.495. The Kier molecular flexibility index (Phi) is 1.87. The average molecular weight is 112 g/mol. The van der Waals surface area contributed by atoms with Gasteiger partial charge in [-0.2, -0.15) is 0 Å². The summed E-state index contributed by atoms with van der Waals surface area (Å²) < 4.78 is 5.22. The highest BCUT2D eigenvalue weighted by Crippen LogP contribution is 2.11. The number of ether oxygens (including phenoxy) is 1. The molecule has 1 unspecified atom stereocenters. The lowest BCUT2D eigenvalue weighted by molar-refractivity contribution is 0.123. The smallest absolute Gasteiger partial charge is 0.288 e. The number of rotatable bonds is 1. The average Bonchev–Trinajstić information content (AvgIpc) is 2.19. The number of nitrogens with zero attached hydrogens (tertiary/aromatic N) is 1. The van der Waals surface area contributed by atoms with Crippen LogP contribution in [0.3, 0.4) is 0 Å². The van der Waals surface area contributed by atoms with E-state index >= 15 is 0 Å². The Bertz CT molecular complexity index is 99.6. The Balaban J connectivity index is 2.17. The molecule has 0 spiro atoms. The van der Waals surface area contributed by atoms with Crippen molar-refractivity contribution >= 4 is 0 Å². The van der Waals surface area contributed by atoms with Crippen LogP contribution in [0.4, 0.5) is 0 Å². The number of hydrogen-bond donors (Lipinski definition) is 0. The molecule has 2 heteroatoms. The molecule has 1 heterocycles. The first-order chi connectivity index (χ1) is 3.93. The molecular weight excluding hydrogens is 102 g/mol. The van der Waals surface area contributed by atoms with Gasteiger partial charge in [0.2, 0.25) is 0 Å². The molecule has 0 amide bonds. The van der Waals surface area contributed by atoms with Crippen molar-refractivity contribution in [3.05, 3.63) is 4.85 Å². The summed E-state index contributed by atoms with van der Waals surface area (Å²) in [7, 11) is 0. The van der Waals surface area contributed by atoms with Gasteiger partial charge in [-0.25, -0.2) is 0 Å². The van der Waals surface area contributed by atoms with Crippen LogP contribution < -0.4 is 0 Å². The Morgan fingerprint density at radius 1 is 1.75 bits per heavy atom. The molecule has 0 radical (unpaired) electrons. The Hall–Kier alpha value is -0.550. The van der Waals surface area contributed by atoms with Crippen LogP contribution in [0.5, 0.6) is 0 Å². The molecule has 0 bridgehead atoms. The zero-order chi connectivity index (χ0) is 5.82. The van der Waals surface area contributed by atoms with Gasteiger partial charge in [0.15, 0.2) is 0 Å². The van der Waals surface area contributed by atoms with E-state index in [1.54, 1.807) is 0 Å². The monoisotopic (exact) mass is 112 g/mol. The van der Waals surface area contributed by atoms with Gasteiger partial charge in [0.25, 0.3) is 13.1 Å². The topological polar surface area (TPSA) is 13.6 Å². The van der Waals surface area contributed by atoms with Crippen molar-refractivity contribution < 1.29 is 4.74 Å². The van der Waals surface area contributed by atoms with Gasteiger partial charge in [-0.15, -0.1) is 0 Å². The largest absolute Gasteiger partial charge is 0.370 e. The third-order valence-electron chi connectivity index (χ3n) is 1.33. The summed E-state index contributed by atoms with van der Waals surface area (Å²) in [5.74, 6) is 0. The zero-order valence-corrected chi connectivity index (χ0v) is 4.84. The van der Waals surface area contributed by atoms with E-state index in [0.29, 0.717) is 12.6 Å². The molecule has 1 fully saturated rings. The second-order valence-corrected chi connectivity index (χ2v) is 2.00. The van der Waals surface area contributed by atoms with Crippen molar-refractivity contribution in [1.29, 1.82) is 0 Å². The van der Waals surface area contributed by atoms with Crippen LogP contribution in [0, 0.1) is 6.57 Å². The molecule has 1 aliphatic heterocycles. The first-order valence-corrected chi connectivity index (χ1v) is 2.92. The van der Waals surface area contributed by atoms with E-state index in [0.717, 1.165) is 13.0 Å². The van der Waals surface area contributed by atoms with Crippen LogP contribution in [0.2, 0.25) is 0 Å². The lowest BCUT2D eigenvalue weighted by atomic mass is 10.2. The summed E-state index contributed by atoms with van der Waals surface area (Å²) in [5, 5.41) is 0. The molecule has 0 saturated carbocycles. The van der Waals surface area contributed by atoms with E-state index in [-0.39, 0.29) is 0 Å². The third-order valence-corrected chi connectivity index (χ3v) is 1.33. The van der Waals surface area contributed by atoms with Gasteiger partial charge in [-0.3, -0.25) is 0 Å². The maximum Gasteiger partial charge on any atom is 0.288 e. The normalized spacial score (nSPS) is 27.6. The minimum absolute atomic E-state index is 0.319. The fourth-order valence-corrected chi connectivity index (χ4v) is 0.906. The fourth-order valence-electron chi connectivity index (χ4n) is 0.906. The van der Waals surface area contributed by atoms with E-state index in [4.69, 9.17) is 11.3 Å². The molecule has 44 valence electrons. The van der Waals surface area contributed by atoms with Crippen molar-refractivity contribution in [1.82, 2.24) is 0 Å². The first-order valence-electron chi connectivity index (χ1n) is 2.92. The minimum atomic E-state index is 0.319. The minimum Gasteiger partial charge on any atom is -0.370 e. The highest BCUT2D eigenvalue weighted by molar-refractivity contribution is 4.76. The second-order valence-electron chi connectivity index (χ2n) is 2.00. The maximum atomic E-state index is 5.22. The third kappa shape index (κ3) is 1.21. The lowest BCUT2D eigenvalue weighted by Gasteiger charge is -1.94. The molecular formula is C6H10NO+. The highest BCUT2D eigenvalue weighted by Gasteiger charge is 2.18. The summed E-state index contributed by atoms with van der Waals surface area (Å²) >= 11 is 0. The zero-order valence-electron chi connectivity index (χ0n) is 4.84. The van der Waals surface area contributed by atoms with Crippen molar-refractivity contribution in [2.45, 2.75) is 18.9 Å². The summed E-state index contributed by atoms with van der Waals surface area (Å²) in [6, 6.07) is 0. The fraction of sp³-hybridized carbons (Fsp3) is 0.833. The molecule has 0 aromatic heterocycles. The van der Waals surface area contributed by atoms with Crippen molar-refractivity contribution in [3.63, 3.8) is 0 Å². The van der Waals surface area contributed by atoms with Crippen LogP contribution in [0.15, 0.2) is 0 Å². The van der Waals surface area contributed by atoms with Crippen LogP contribution in [-0.2, 0) is 4.74 Å². The molecule has 0 N–H and O–H groups in total. The maximum absolute atomic E-state index is 5.22. The Labute approximate surface area is 49.3 Å². The van der Waals surface area contributed by atoms with Crippen LogP contribution in [0.1, 0.15) is 12.8 Å². The molecule has 2 nitrogen and oxygen atoms in total. The van der Waals surface area contributed by atoms with Gasteiger partial charge in [-0.05, 0) is 12.8 Å². The van der Waals surface area contributed by atoms with Gasteiger partial charge in [0, 0.05) is 6.61 Å². The van der Waals surface area contributed by atoms with E-state index in [2.05, 4.69) is 4.85 Å². The summed E-state index contributed by atoms with van der Waals surface area (Å²) in [6.07, 6.45) is 2.61. The molecule has 1 rings (SSSR count). The van der Waals surface area contributed by atoms with Gasteiger partial charge in [0.05, 0.1) is 0 Å². The Morgan fingerprint density at radius 3 is 3.12 bits per heavy atom. The summed E-state index contributed by atoms with van der Waals surface area (Å²) in [6.45, 7) is 6.51. The standard InChI is InChI=1S/C6H10NO/c1-7-5-6-3-2-4-8-6/h1,6H,2-5H2/q+1. The highest BCUT2D eigenvalue weighted by atomic mass is 16.5. The molecule has 0 aromatic carbocycles. The molecule has 0 aromatic rings. The van der Waals surface area contributed by atoms with E-state index in [1.807, 2.05) is 0 Å². The van der Waals surface area contributed by atoms with E-state index < -0.39 is 0 Å². The van der Waals surface area contributed by atoms with Crippen molar-refractivity contribution in [2.24, 2.45) is 0 Å². The van der Waals surface area contributed by atoms with Crippen molar-refractivity contribution in [2.75, 3.05) is 13.2 Å². The molecule has 1 aliphatic rings. The van der Waals surface area contributed by atoms with Crippen LogP contribution in [-0.4, -0.2) is 19.3 Å². The van der Waals surface area contributed by atoms with Gasteiger partial charge < -0.3 is 4.74 Å². The SMILES string of the molecule is C#[N+]CC1CCCO1. The first kappa shape index (κ1) is 5.58. The van der Waals surface area contributed by atoms with Crippen molar-refractivity contribution in [3.8, 4) is 6.57 Å². The molecule has 8 heavy (non-hydrogen) atoms. The van der Waals surface area contributed by atoms with Crippen LogP contribution in [0.25, 0.3) is 4.85 Å². The summed E-state index contributed by atoms with van der Waals surface area (Å²) in [4.78, 5) is 3.49. The van der Waals surface area contributed by atoms with Crippen LogP contribution >= 0.6 is 0 Å². The molecule has 1 atom stereocenters.